The summed E-state index contributed by atoms with van der Waals surface area (Å²) < 4.78 is 0. The predicted octanol–water partition coefficient (Wildman–Crippen LogP) is 2.91. The van der Waals surface area contributed by atoms with Crippen molar-refractivity contribution >= 4 is 29.1 Å². The highest BCUT2D eigenvalue weighted by Gasteiger charge is 2.17. The Morgan fingerprint density at radius 1 is 1.27 bits per heavy atom. The van der Waals surface area contributed by atoms with Crippen LogP contribution in [-0.2, 0) is 0 Å². The summed E-state index contributed by atoms with van der Waals surface area (Å²) in [7, 11) is 0. The molecule has 1 aliphatic rings. The molecule has 0 N–H and O–H groups in total. The molecule has 3 rings (SSSR count). The average molecular weight is 329 g/mol. The standard InChI is InChI=1S/C17H19N3S2/c1-14-4-2-5-15(16(14)21)6-3-8-19-9-11-20(12-10-19)17-18-7-13-22-17/h2,4-5,7,13,21H,8-12H2,1H3. The molecule has 3 nitrogen and oxygen atoms in total. The van der Waals surface area contributed by atoms with E-state index in [1.807, 2.05) is 23.7 Å². The Balaban J connectivity index is 1.54. The van der Waals surface area contributed by atoms with Crippen molar-refractivity contribution in [3.63, 3.8) is 0 Å². The minimum atomic E-state index is 0.812. The molecule has 114 valence electrons. The van der Waals surface area contributed by atoms with E-state index in [9.17, 15) is 0 Å². The van der Waals surface area contributed by atoms with E-state index in [-0.39, 0.29) is 0 Å². The number of hydrogen-bond donors (Lipinski definition) is 1. The van der Waals surface area contributed by atoms with E-state index in [0.29, 0.717) is 0 Å². The quantitative estimate of drug-likeness (QED) is 0.675. The zero-order chi connectivity index (χ0) is 15.4. The fourth-order valence-corrected chi connectivity index (χ4v) is 3.38. The summed E-state index contributed by atoms with van der Waals surface area (Å²) in [6.45, 7) is 7.00. The van der Waals surface area contributed by atoms with Crippen molar-refractivity contribution in [3.8, 4) is 11.8 Å². The van der Waals surface area contributed by atoms with Gasteiger partial charge in [-0.15, -0.1) is 24.0 Å². The van der Waals surface area contributed by atoms with Crippen LogP contribution in [0.25, 0.3) is 0 Å². The van der Waals surface area contributed by atoms with Crippen LogP contribution < -0.4 is 4.90 Å². The zero-order valence-corrected chi connectivity index (χ0v) is 14.3. The van der Waals surface area contributed by atoms with Crippen LogP contribution in [0.15, 0.2) is 34.7 Å². The van der Waals surface area contributed by atoms with Gasteiger partial charge in [0, 0.05) is 48.2 Å². The first-order valence-corrected chi connectivity index (χ1v) is 8.71. The molecule has 1 aromatic carbocycles. The van der Waals surface area contributed by atoms with Gasteiger partial charge in [0.05, 0.1) is 6.54 Å². The molecule has 5 heteroatoms. The van der Waals surface area contributed by atoms with Gasteiger partial charge in [0.15, 0.2) is 5.13 Å². The summed E-state index contributed by atoms with van der Waals surface area (Å²) in [5.74, 6) is 6.53. The monoisotopic (exact) mass is 329 g/mol. The molecule has 1 aromatic heterocycles. The van der Waals surface area contributed by atoms with Crippen LogP contribution in [0.3, 0.4) is 0 Å². The number of benzene rings is 1. The average Bonchev–Trinajstić information content (AvgIpc) is 3.07. The van der Waals surface area contributed by atoms with E-state index in [1.54, 1.807) is 11.3 Å². The van der Waals surface area contributed by atoms with Crippen molar-refractivity contribution in [2.75, 3.05) is 37.6 Å². The number of hydrogen-bond acceptors (Lipinski definition) is 5. The zero-order valence-electron chi connectivity index (χ0n) is 12.6. The molecule has 2 heterocycles. The largest absolute Gasteiger partial charge is 0.346 e. The smallest absolute Gasteiger partial charge is 0.185 e. The Bertz CT molecular complexity index is 678. The normalized spacial score (nSPS) is 15.5. The minimum Gasteiger partial charge on any atom is -0.346 e. The number of thiazole rings is 1. The number of rotatable bonds is 2. The van der Waals surface area contributed by atoms with Gasteiger partial charge < -0.3 is 4.90 Å². The molecule has 1 fully saturated rings. The minimum absolute atomic E-state index is 0.812. The lowest BCUT2D eigenvalue weighted by Crippen LogP contribution is -2.46. The van der Waals surface area contributed by atoms with Gasteiger partial charge in [0.1, 0.15) is 0 Å². The molecule has 0 amide bonds. The van der Waals surface area contributed by atoms with Crippen molar-refractivity contribution in [1.29, 1.82) is 0 Å². The first kappa shape index (κ1) is 15.4. The highest BCUT2D eigenvalue weighted by molar-refractivity contribution is 7.80. The van der Waals surface area contributed by atoms with Gasteiger partial charge >= 0.3 is 0 Å². The summed E-state index contributed by atoms with van der Waals surface area (Å²) >= 11 is 6.24. The predicted molar refractivity (Wildman–Crippen MR) is 96.1 cm³/mol. The molecule has 2 aromatic rings. The molecule has 0 radical (unpaired) electrons. The maximum atomic E-state index is 4.53. The molecular weight excluding hydrogens is 310 g/mol. The van der Waals surface area contributed by atoms with Crippen LogP contribution in [-0.4, -0.2) is 42.6 Å². The second-order valence-electron chi connectivity index (χ2n) is 5.35. The summed E-state index contributed by atoms with van der Waals surface area (Å²) in [5.41, 5.74) is 2.19. The van der Waals surface area contributed by atoms with Crippen LogP contribution in [0.1, 0.15) is 11.1 Å². The third kappa shape index (κ3) is 3.64. The van der Waals surface area contributed by atoms with Crippen molar-refractivity contribution in [1.82, 2.24) is 9.88 Å². The topological polar surface area (TPSA) is 19.4 Å². The molecule has 1 aliphatic heterocycles. The number of nitrogens with zero attached hydrogens (tertiary/aromatic N) is 3. The summed E-state index contributed by atoms with van der Waals surface area (Å²) in [6, 6.07) is 6.12. The maximum Gasteiger partial charge on any atom is 0.185 e. The summed E-state index contributed by atoms with van der Waals surface area (Å²) in [5, 5.41) is 3.16. The Hall–Kier alpha value is -1.48. The van der Waals surface area contributed by atoms with Crippen LogP contribution in [0, 0.1) is 18.8 Å². The van der Waals surface area contributed by atoms with E-state index in [4.69, 9.17) is 0 Å². The second kappa shape index (κ2) is 7.19. The molecule has 1 saturated heterocycles. The Kier molecular flexibility index (Phi) is 5.04. The van der Waals surface area contributed by atoms with Crippen molar-refractivity contribution < 1.29 is 0 Å². The van der Waals surface area contributed by atoms with E-state index in [1.165, 1.54) is 5.56 Å². The second-order valence-corrected chi connectivity index (χ2v) is 6.67. The fraction of sp³-hybridized carbons (Fsp3) is 0.353. The summed E-state index contributed by atoms with van der Waals surface area (Å²) in [4.78, 5) is 10.1. The lowest BCUT2D eigenvalue weighted by Gasteiger charge is -2.33. The number of thiol groups is 1. The Labute approximate surface area is 141 Å². The Morgan fingerprint density at radius 2 is 2.09 bits per heavy atom. The molecule has 0 saturated carbocycles. The lowest BCUT2D eigenvalue weighted by atomic mass is 10.1. The molecule has 0 unspecified atom stereocenters. The van der Waals surface area contributed by atoms with E-state index in [0.717, 1.165) is 48.3 Å². The fourth-order valence-electron chi connectivity index (χ4n) is 2.48. The number of anilines is 1. The molecular formula is C17H19N3S2. The molecule has 0 atom stereocenters. The van der Waals surface area contributed by atoms with Crippen molar-refractivity contribution in [2.45, 2.75) is 11.8 Å². The lowest BCUT2D eigenvalue weighted by molar-refractivity contribution is 0.288. The molecule has 0 spiro atoms. The highest BCUT2D eigenvalue weighted by Crippen LogP contribution is 2.19. The van der Waals surface area contributed by atoms with Crippen LogP contribution >= 0.6 is 24.0 Å². The van der Waals surface area contributed by atoms with E-state index < -0.39 is 0 Å². The van der Waals surface area contributed by atoms with Gasteiger partial charge in [-0.3, -0.25) is 4.90 Å². The van der Waals surface area contributed by atoms with Gasteiger partial charge in [-0.05, 0) is 18.6 Å². The number of aryl methyl sites for hydroxylation is 1. The van der Waals surface area contributed by atoms with Gasteiger partial charge in [-0.2, -0.15) is 0 Å². The molecule has 0 aliphatic carbocycles. The van der Waals surface area contributed by atoms with E-state index >= 15 is 0 Å². The van der Waals surface area contributed by atoms with Gasteiger partial charge in [-0.25, -0.2) is 4.98 Å². The molecule has 0 bridgehead atoms. The van der Waals surface area contributed by atoms with Gasteiger partial charge in [0.25, 0.3) is 0 Å². The van der Waals surface area contributed by atoms with Crippen LogP contribution in [0.4, 0.5) is 5.13 Å². The van der Waals surface area contributed by atoms with Crippen molar-refractivity contribution in [2.24, 2.45) is 0 Å². The third-order valence-corrected chi connectivity index (χ3v) is 5.25. The Morgan fingerprint density at radius 3 is 2.82 bits per heavy atom. The van der Waals surface area contributed by atoms with Crippen molar-refractivity contribution in [3.05, 3.63) is 40.9 Å². The summed E-state index contributed by atoms with van der Waals surface area (Å²) in [6.07, 6.45) is 1.87. The number of piperazine rings is 1. The van der Waals surface area contributed by atoms with E-state index in [2.05, 4.69) is 52.2 Å². The maximum absolute atomic E-state index is 4.53. The van der Waals surface area contributed by atoms with Crippen LogP contribution in [0.5, 0.6) is 0 Å². The number of aromatic nitrogens is 1. The SMILES string of the molecule is Cc1cccc(C#CCN2CCN(c3nccs3)CC2)c1S. The first-order chi connectivity index (χ1) is 10.7. The third-order valence-electron chi connectivity index (χ3n) is 3.83. The van der Waals surface area contributed by atoms with Gasteiger partial charge in [-0.1, -0.05) is 24.0 Å². The highest BCUT2D eigenvalue weighted by atomic mass is 32.1. The van der Waals surface area contributed by atoms with Crippen LogP contribution in [0.2, 0.25) is 0 Å². The van der Waals surface area contributed by atoms with Gasteiger partial charge in [0.2, 0.25) is 0 Å². The first-order valence-electron chi connectivity index (χ1n) is 7.38. The molecule has 22 heavy (non-hydrogen) atoms.